The quantitative estimate of drug-likeness (QED) is 0.680. The van der Waals surface area contributed by atoms with Crippen molar-refractivity contribution < 1.29 is 4.79 Å². The lowest BCUT2D eigenvalue weighted by Gasteiger charge is -2.25. The Morgan fingerprint density at radius 3 is 2.43 bits per heavy atom. The van der Waals surface area contributed by atoms with Crippen LogP contribution in [0.25, 0.3) is 0 Å². The van der Waals surface area contributed by atoms with Gasteiger partial charge in [-0.15, -0.1) is 0 Å². The molecule has 1 aromatic carbocycles. The number of carbonyl (C=O) groups is 1. The Bertz CT molecular complexity index is 376. The molecule has 0 saturated carbocycles. The van der Waals surface area contributed by atoms with Crippen LogP contribution in [0.3, 0.4) is 0 Å². The van der Waals surface area contributed by atoms with Crippen LogP contribution in [-0.2, 0) is 0 Å². The molecular formula is C12H15NO. The SMILES string of the molecule is CC(C)(C)C1Nc2ccccc2C1=O. The lowest BCUT2D eigenvalue weighted by molar-refractivity contribution is 0.0929. The number of anilines is 1. The molecule has 0 bridgehead atoms. The number of para-hydroxylation sites is 1. The molecule has 1 N–H and O–H groups in total. The molecule has 0 amide bonds. The summed E-state index contributed by atoms with van der Waals surface area (Å²) in [6.45, 7) is 6.23. The zero-order valence-electron chi connectivity index (χ0n) is 8.79. The molecule has 1 aliphatic heterocycles. The number of carbonyl (C=O) groups excluding carboxylic acids is 1. The fraction of sp³-hybridized carbons (Fsp3) is 0.417. The number of hydrogen-bond acceptors (Lipinski definition) is 2. The summed E-state index contributed by atoms with van der Waals surface area (Å²) in [5.41, 5.74) is 1.76. The van der Waals surface area contributed by atoms with Crippen LogP contribution >= 0.6 is 0 Å². The zero-order chi connectivity index (χ0) is 10.3. The number of rotatable bonds is 0. The average molecular weight is 189 g/mol. The lowest BCUT2D eigenvalue weighted by atomic mass is 9.84. The van der Waals surface area contributed by atoms with E-state index in [1.54, 1.807) is 0 Å². The van der Waals surface area contributed by atoms with Crippen molar-refractivity contribution >= 4 is 11.5 Å². The first kappa shape index (κ1) is 9.25. The van der Waals surface area contributed by atoms with Gasteiger partial charge in [-0.3, -0.25) is 4.79 Å². The summed E-state index contributed by atoms with van der Waals surface area (Å²) in [4.78, 5) is 12.0. The molecule has 1 aliphatic rings. The van der Waals surface area contributed by atoms with E-state index in [0.29, 0.717) is 0 Å². The largest absolute Gasteiger partial charge is 0.374 e. The van der Waals surface area contributed by atoms with Gasteiger partial charge in [-0.25, -0.2) is 0 Å². The predicted octanol–water partition coefficient (Wildman–Crippen LogP) is 2.71. The number of hydrogen-bond donors (Lipinski definition) is 1. The molecule has 0 fully saturated rings. The van der Waals surface area contributed by atoms with E-state index >= 15 is 0 Å². The van der Waals surface area contributed by atoms with Crippen molar-refractivity contribution in [2.75, 3.05) is 5.32 Å². The predicted molar refractivity (Wildman–Crippen MR) is 57.6 cm³/mol. The van der Waals surface area contributed by atoms with Crippen LogP contribution in [0.15, 0.2) is 24.3 Å². The Hall–Kier alpha value is -1.31. The van der Waals surface area contributed by atoms with E-state index in [1.165, 1.54) is 0 Å². The van der Waals surface area contributed by atoms with Crippen LogP contribution in [0.4, 0.5) is 5.69 Å². The Morgan fingerprint density at radius 1 is 1.21 bits per heavy atom. The van der Waals surface area contributed by atoms with E-state index < -0.39 is 0 Å². The van der Waals surface area contributed by atoms with Gasteiger partial charge in [-0.2, -0.15) is 0 Å². The Morgan fingerprint density at radius 2 is 1.86 bits per heavy atom. The smallest absolute Gasteiger partial charge is 0.187 e. The second-order valence-electron chi connectivity index (χ2n) is 4.85. The van der Waals surface area contributed by atoms with Gasteiger partial charge < -0.3 is 5.32 Å². The third kappa shape index (κ3) is 1.31. The molecule has 0 aromatic heterocycles. The number of fused-ring (bicyclic) bond motifs is 1. The standard InChI is InChI=1S/C12H15NO/c1-12(2,3)11-10(14)8-6-4-5-7-9(8)13-11/h4-7,11,13H,1-3H3. The number of ketones is 1. The highest BCUT2D eigenvalue weighted by atomic mass is 16.1. The monoisotopic (exact) mass is 189 g/mol. The topological polar surface area (TPSA) is 29.1 Å². The maximum atomic E-state index is 12.0. The number of nitrogens with one attached hydrogen (secondary N) is 1. The van der Waals surface area contributed by atoms with Crippen LogP contribution in [0.5, 0.6) is 0 Å². The van der Waals surface area contributed by atoms with Crippen molar-refractivity contribution in [3.05, 3.63) is 29.8 Å². The molecule has 2 heteroatoms. The maximum absolute atomic E-state index is 12.0. The highest BCUT2D eigenvalue weighted by molar-refractivity contribution is 6.10. The molecular weight excluding hydrogens is 174 g/mol. The van der Waals surface area contributed by atoms with Gasteiger partial charge in [0, 0.05) is 11.3 Å². The summed E-state index contributed by atoms with van der Waals surface area (Å²) in [5, 5.41) is 3.27. The van der Waals surface area contributed by atoms with E-state index in [2.05, 4.69) is 26.1 Å². The molecule has 1 aromatic rings. The third-order valence-electron chi connectivity index (χ3n) is 2.62. The fourth-order valence-electron chi connectivity index (χ4n) is 1.81. The number of Topliss-reactive ketones (excluding diaryl/α,β-unsaturated/α-hetero) is 1. The minimum Gasteiger partial charge on any atom is -0.374 e. The molecule has 0 saturated heterocycles. The fourth-order valence-corrected chi connectivity index (χ4v) is 1.81. The molecule has 0 radical (unpaired) electrons. The molecule has 74 valence electrons. The molecule has 2 rings (SSSR count). The minimum absolute atomic E-state index is 0.0316. The second-order valence-corrected chi connectivity index (χ2v) is 4.85. The van der Waals surface area contributed by atoms with Crippen molar-refractivity contribution in [2.24, 2.45) is 5.41 Å². The first-order valence-corrected chi connectivity index (χ1v) is 4.90. The van der Waals surface area contributed by atoms with Gasteiger partial charge in [0.2, 0.25) is 0 Å². The van der Waals surface area contributed by atoms with Crippen LogP contribution in [0.1, 0.15) is 31.1 Å². The molecule has 1 atom stereocenters. The highest BCUT2D eigenvalue weighted by Crippen LogP contribution is 2.33. The molecule has 0 aliphatic carbocycles. The molecule has 14 heavy (non-hydrogen) atoms. The van der Waals surface area contributed by atoms with Gasteiger partial charge in [0.15, 0.2) is 5.78 Å². The first-order valence-electron chi connectivity index (χ1n) is 4.90. The van der Waals surface area contributed by atoms with Crippen LogP contribution < -0.4 is 5.32 Å². The Kier molecular flexibility index (Phi) is 1.88. The van der Waals surface area contributed by atoms with Crippen molar-refractivity contribution in [1.82, 2.24) is 0 Å². The highest BCUT2D eigenvalue weighted by Gasteiger charge is 2.37. The summed E-state index contributed by atoms with van der Waals surface area (Å²) in [6, 6.07) is 7.61. The summed E-state index contributed by atoms with van der Waals surface area (Å²) in [7, 11) is 0. The van der Waals surface area contributed by atoms with Crippen LogP contribution in [0, 0.1) is 5.41 Å². The Balaban J connectivity index is 2.40. The summed E-state index contributed by atoms with van der Waals surface area (Å²) < 4.78 is 0. The average Bonchev–Trinajstić information content (AvgIpc) is 2.44. The van der Waals surface area contributed by atoms with Gasteiger partial charge in [0.25, 0.3) is 0 Å². The van der Waals surface area contributed by atoms with Crippen molar-refractivity contribution in [1.29, 1.82) is 0 Å². The van der Waals surface area contributed by atoms with Gasteiger partial charge >= 0.3 is 0 Å². The third-order valence-corrected chi connectivity index (χ3v) is 2.62. The van der Waals surface area contributed by atoms with Crippen molar-refractivity contribution in [3.63, 3.8) is 0 Å². The van der Waals surface area contributed by atoms with Gasteiger partial charge in [0.1, 0.15) is 0 Å². The maximum Gasteiger partial charge on any atom is 0.187 e. The van der Waals surface area contributed by atoms with E-state index in [9.17, 15) is 4.79 Å². The lowest BCUT2D eigenvalue weighted by Crippen LogP contribution is -2.36. The molecule has 2 nitrogen and oxygen atoms in total. The van der Waals surface area contributed by atoms with Gasteiger partial charge in [0.05, 0.1) is 6.04 Å². The van der Waals surface area contributed by atoms with Crippen molar-refractivity contribution in [2.45, 2.75) is 26.8 Å². The zero-order valence-corrected chi connectivity index (χ0v) is 8.79. The summed E-state index contributed by atoms with van der Waals surface area (Å²) in [5.74, 6) is 0.216. The molecule has 1 unspecified atom stereocenters. The van der Waals surface area contributed by atoms with Crippen LogP contribution in [-0.4, -0.2) is 11.8 Å². The van der Waals surface area contributed by atoms with Crippen molar-refractivity contribution in [3.8, 4) is 0 Å². The van der Waals surface area contributed by atoms with Gasteiger partial charge in [-0.1, -0.05) is 32.9 Å². The van der Waals surface area contributed by atoms with E-state index in [1.807, 2.05) is 24.3 Å². The van der Waals surface area contributed by atoms with E-state index in [4.69, 9.17) is 0 Å². The Labute approximate surface area is 84.3 Å². The molecule has 1 heterocycles. The first-order chi connectivity index (χ1) is 6.50. The minimum atomic E-state index is -0.0834. The summed E-state index contributed by atoms with van der Waals surface area (Å²) >= 11 is 0. The van der Waals surface area contributed by atoms with E-state index in [-0.39, 0.29) is 17.2 Å². The molecule has 0 spiro atoms. The van der Waals surface area contributed by atoms with Gasteiger partial charge in [-0.05, 0) is 17.5 Å². The van der Waals surface area contributed by atoms with Crippen LogP contribution in [0.2, 0.25) is 0 Å². The van der Waals surface area contributed by atoms with E-state index in [0.717, 1.165) is 11.3 Å². The summed E-state index contributed by atoms with van der Waals surface area (Å²) in [6.07, 6.45) is 0. The number of benzene rings is 1. The second kappa shape index (κ2) is 2.84. The normalized spacial score (nSPS) is 20.5.